The van der Waals surface area contributed by atoms with Crippen LogP contribution in [-0.4, -0.2) is 37.7 Å². The molecule has 1 unspecified atom stereocenters. The number of ether oxygens (including phenoxy) is 2. The molecule has 2 N–H and O–H groups in total. The average molecular weight is 372 g/mol. The minimum absolute atomic E-state index is 0.249. The minimum atomic E-state index is 0.249. The van der Waals surface area contributed by atoms with Crippen molar-refractivity contribution in [2.24, 2.45) is 5.10 Å². The monoisotopic (exact) mass is 371 g/mol. The highest BCUT2D eigenvalue weighted by Gasteiger charge is 2.14. The first kappa shape index (κ1) is 16.2. The molecule has 0 aromatic heterocycles. The fourth-order valence-corrected chi connectivity index (χ4v) is 2.53. The van der Waals surface area contributed by atoms with E-state index in [9.17, 15) is 0 Å². The molecule has 2 rings (SSSR count). The Bertz CT molecular complexity index is 519. The van der Waals surface area contributed by atoms with Crippen molar-refractivity contribution in [3.8, 4) is 5.75 Å². The third-order valence-corrected chi connectivity index (χ3v) is 3.80. The highest BCUT2D eigenvalue weighted by molar-refractivity contribution is 9.10. The van der Waals surface area contributed by atoms with Gasteiger partial charge in [-0.25, -0.2) is 0 Å². The number of hydrazone groups is 1. The zero-order chi connectivity index (χ0) is 15.1. The third-order valence-electron chi connectivity index (χ3n) is 3.08. The van der Waals surface area contributed by atoms with Crippen LogP contribution in [0.5, 0.6) is 5.75 Å². The molecule has 0 spiro atoms. The Hall–Kier alpha value is -1.18. The van der Waals surface area contributed by atoms with E-state index in [0.717, 1.165) is 35.2 Å². The van der Waals surface area contributed by atoms with Crippen molar-refractivity contribution in [2.75, 3.05) is 20.3 Å². The summed E-state index contributed by atoms with van der Waals surface area (Å²) >= 11 is 8.58. The molecule has 0 aliphatic carbocycles. The first-order valence-electron chi connectivity index (χ1n) is 6.71. The molecule has 1 aliphatic heterocycles. The standard InChI is InChI=1S/C14H18BrN3O2S/c1-19-13-5-4-11(15)7-10(13)8-17-18-14(21)16-9-12-3-2-6-20-12/h4-5,7-8,12H,2-3,6,9H2,1H3,(H2,16,18,21)/b17-8+. The largest absolute Gasteiger partial charge is 0.496 e. The lowest BCUT2D eigenvalue weighted by atomic mass is 10.2. The maximum Gasteiger partial charge on any atom is 0.187 e. The van der Waals surface area contributed by atoms with Crippen molar-refractivity contribution in [1.82, 2.24) is 10.7 Å². The highest BCUT2D eigenvalue weighted by atomic mass is 79.9. The van der Waals surface area contributed by atoms with Crippen LogP contribution in [0.4, 0.5) is 0 Å². The van der Waals surface area contributed by atoms with Crippen LogP contribution in [-0.2, 0) is 4.74 Å². The lowest BCUT2D eigenvalue weighted by Crippen LogP contribution is -2.37. The van der Waals surface area contributed by atoms with Crippen LogP contribution in [0.3, 0.4) is 0 Å². The summed E-state index contributed by atoms with van der Waals surface area (Å²) in [5.41, 5.74) is 3.65. The second-order valence-corrected chi connectivity index (χ2v) is 5.93. The van der Waals surface area contributed by atoms with Gasteiger partial charge in [-0.3, -0.25) is 5.43 Å². The zero-order valence-electron chi connectivity index (χ0n) is 11.8. The number of thiocarbonyl (C=S) groups is 1. The maximum absolute atomic E-state index is 5.51. The van der Waals surface area contributed by atoms with Crippen LogP contribution in [0.1, 0.15) is 18.4 Å². The van der Waals surface area contributed by atoms with Gasteiger partial charge in [0.05, 0.1) is 19.4 Å². The van der Waals surface area contributed by atoms with E-state index in [1.54, 1.807) is 13.3 Å². The van der Waals surface area contributed by atoms with Crippen molar-refractivity contribution in [1.29, 1.82) is 0 Å². The van der Waals surface area contributed by atoms with E-state index in [0.29, 0.717) is 11.7 Å². The molecule has 21 heavy (non-hydrogen) atoms. The van der Waals surface area contributed by atoms with Crippen LogP contribution in [0, 0.1) is 0 Å². The number of hydrogen-bond donors (Lipinski definition) is 2. The summed E-state index contributed by atoms with van der Waals surface area (Å²) in [4.78, 5) is 0. The van der Waals surface area contributed by atoms with E-state index in [-0.39, 0.29) is 6.10 Å². The van der Waals surface area contributed by atoms with Crippen LogP contribution in [0.25, 0.3) is 0 Å². The van der Waals surface area contributed by atoms with Gasteiger partial charge in [-0.05, 0) is 43.3 Å². The van der Waals surface area contributed by atoms with Crippen LogP contribution in [0.2, 0.25) is 0 Å². The molecule has 0 radical (unpaired) electrons. The molecule has 0 amide bonds. The minimum Gasteiger partial charge on any atom is -0.496 e. The fourth-order valence-electron chi connectivity index (χ4n) is 2.02. The molecule has 1 heterocycles. The van der Waals surface area contributed by atoms with Gasteiger partial charge in [0.15, 0.2) is 5.11 Å². The van der Waals surface area contributed by atoms with Gasteiger partial charge in [-0.1, -0.05) is 15.9 Å². The quantitative estimate of drug-likeness (QED) is 0.473. The van der Waals surface area contributed by atoms with Gasteiger partial charge in [0.1, 0.15) is 5.75 Å². The van der Waals surface area contributed by atoms with E-state index in [2.05, 4.69) is 31.8 Å². The molecular formula is C14H18BrN3O2S. The Morgan fingerprint density at radius 1 is 1.62 bits per heavy atom. The van der Waals surface area contributed by atoms with Crippen LogP contribution >= 0.6 is 28.1 Å². The van der Waals surface area contributed by atoms with E-state index in [1.165, 1.54) is 0 Å². The Labute approximate surface area is 138 Å². The Kier molecular flexibility index (Phi) is 6.41. The summed E-state index contributed by atoms with van der Waals surface area (Å²) in [6.45, 7) is 1.55. The summed E-state index contributed by atoms with van der Waals surface area (Å²) in [6.07, 6.45) is 4.12. The van der Waals surface area contributed by atoms with E-state index in [4.69, 9.17) is 21.7 Å². The number of benzene rings is 1. The highest BCUT2D eigenvalue weighted by Crippen LogP contribution is 2.21. The zero-order valence-corrected chi connectivity index (χ0v) is 14.2. The van der Waals surface area contributed by atoms with E-state index in [1.807, 2.05) is 18.2 Å². The molecule has 5 nitrogen and oxygen atoms in total. The van der Waals surface area contributed by atoms with Gasteiger partial charge in [0.2, 0.25) is 0 Å². The van der Waals surface area contributed by atoms with Gasteiger partial charge >= 0.3 is 0 Å². The Morgan fingerprint density at radius 2 is 2.48 bits per heavy atom. The molecule has 1 aliphatic rings. The van der Waals surface area contributed by atoms with E-state index >= 15 is 0 Å². The van der Waals surface area contributed by atoms with Crippen molar-refractivity contribution in [3.63, 3.8) is 0 Å². The molecule has 1 fully saturated rings. The number of nitrogens with one attached hydrogen (secondary N) is 2. The first-order chi connectivity index (χ1) is 10.2. The predicted octanol–water partition coefficient (Wildman–Crippen LogP) is 2.43. The van der Waals surface area contributed by atoms with Gasteiger partial charge in [0, 0.05) is 23.2 Å². The Balaban J connectivity index is 1.81. The second kappa shape index (κ2) is 8.31. The molecule has 0 bridgehead atoms. The summed E-state index contributed by atoms with van der Waals surface area (Å²) in [5.74, 6) is 0.752. The van der Waals surface area contributed by atoms with Crippen molar-refractivity contribution >= 4 is 39.5 Å². The van der Waals surface area contributed by atoms with Crippen molar-refractivity contribution in [2.45, 2.75) is 18.9 Å². The number of rotatable bonds is 5. The normalized spacial score (nSPS) is 17.9. The molecule has 1 atom stereocenters. The Morgan fingerprint density at radius 3 is 3.19 bits per heavy atom. The molecule has 114 valence electrons. The second-order valence-electron chi connectivity index (χ2n) is 4.60. The molecule has 1 aromatic carbocycles. The fraction of sp³-hybridized carbons (Fsp3) is 0.429. The number of hydrogen-bond acceptors (Lipinski definition) is 4. The number of nitrogens with zero attached hydrogens (tertiary/aromatic N) is 1. The predicted molar refractivity (Wildman–Crippen MR) is 91.0 cm³/mol. The number of halogens is 1. The molecule has 1 aromatic rings. The summed E-state index contributed by atoms with van der Waals surface area (Å²) in [7, 11) is 1.63. The van der Waals surface area contributed by atoms with Crippen molar-refractivity contribution < 1.29 is 9.47 Å². The first-order valence-corrected chi connectivity index (χ1v) is 7.91. The molecule has 0 saturated carbocycles. The van der Waals surface area contributed by atoms with Crippen LogP contribution < -0.4 is 15.5 Å². The lowest BCUT2D eigenvalue weighted by molar-refractivity contribution is 0.114. The van der Waals surface area contributed by atoms with Crippen LogP contribution in [0.15, 0.2) is 27.8 Å². The summed E-state index contributed by atoms with van der Waals surface area (Å²) in [6, 6.07) is 5.71. The summed E-state index contributed by atoms with van der Waals surface area (Å²) in [5, 5.41) is 7.69. The molecular weight excluding hydrogens is 354 g/mol. The number of methoxy groups -OCH3 is 1. The van der Waals surface area contributed by atoms with Crippen molar-refractivity contribution in [3.05, 3.63) is 28.2 Å². The average Bonchev–Trinajstić information content (AvgIpc) is 2.99. The van der Waals surface area contributed by atoms with E-state index < -0.39 is 0 Å². The molecule has 1 saturated heterocycles. The lowest BCUT2D eigenvalue weighted by Gasteiger charge is -2.11. The van der Waals surface area contributed by atoms with Gasteiger partial charge in [0.25, 0.3) is 0 Å². The summed E-state index contributed by atoms with van der Waals surface area (Å²) < 4.78 is 11.7. The SMILES string of the molecule is COc1ccc(Br)cc1/C=N/NC(=S)NCC1CCCO1. The topological polar surface area (TPSA) is 54.9 Å². The third kappa shape index (κ3) is 5.26. The van der Waals surface area contributed by atoms with Gasteiger partial charge < -0.3 is 14.8 Å². The van der Waals surface area contributed by atoms with Gasteiger partial charge in [-0.15, -0.1) is 0 Å². The maximum atomic E-state index is 5.51. The molecule has 7 heteroatoms. The smallest absolute Gasteiger partial charge is 0.187 e. The van der Waals surface area contributed by atoms with Gasteiger partial charge in [-0.2, -0.15) is 5.10 Å².